The van der Waals surface area contributed by atoms with E-state index >= 15 is 14.4 Å². The standard InChI is InChI=1S/C94H100O28Si/c1-55(95)101-50-49-94(5,6)92(100)120-78-74(119-90-79(112-82(98)58-37-21-11-22-38-58)75(122-123(7,8)93(2,3)4)71-67(108-90)54-105-87(116-71)63-47-31-16-32-48-63)70-65(52-103-86(115-70)62-45-29-15-30-46-62)107-89(78)118-72-68-64(51-102-84(113-68)60-41-25-13-26-42-60)106-88(76(72)110-80(96)56-33-17-9-18-34-56)117-73-69-66(53-104-85(114-69)61-43-27-14-28-44-61)109-91(121-83(99)59-39-23-12-24-40-59)77(73)111-81(97)57-35-19-10-20-36-57/h9-48,64-79,84-91H,49-54H2,1-8H3/t64-,65-,66-,67-,68-,69-,70-,71-,72+,73+,74+,75+,76-,77-,78-,79-,84?,85?,86?,87?,88+,89+,90+,91-/m1/s1. The maximum absolute atomic E-state index is 16.0. The summed E-state index contributed by atoms with van der Waals surface area (Å²) in [4.78, 5) is 89.0. The Bertz CT molecular complexity index is 4850. The molecule has 648 valence electrons. The number of esters is 6. The fourth-order valence-electron chi connectivity index (χ4n) is 15.7. The second kappa shape index (κ2) is 38.3. The molecule has 0 N–H and O–H groups in total. The first kappa shape index (κ1) is 86.7. The lowest BCUT2D eigenvalue weighted by Gasteiger charge is -2.55. The van der Waals surface area contributed by atoms with E-state index in [4.69, 9.17) is 104 Å². The Kier molecular flexibility index (Phi) is 27.0. The van der Waals surface area contributed by atoms with Crippen LogP contribution in [0.5, 0.6) is 0 Å². The van der Waals surface area contributed by atoms with Gasteiger partial charge in [-0.1, -0.05) is 215 Å². The lowest BCUT2D eigenvalue weighted by Crippen LogP contribution is -2.71. The van der Waals surface area contributed by atoms with Crippen molar-refractivity contribution < 1.29 is 133 Å². The first-order chi connectivity index (χ1) is 59.5. The molecule has 0 aromatic heterocycles. The molecule has 29 heteroatoms. The number of hydrogen-bond acceptors (Lipinski definition) is 28. The van der Waals surface area contributed by atoms with Gasteiger partial charge in [-0.15, -0.1) is 0 Å². The molecule has 8 heterocycles. The largest absolute Gasteiger partial charge is 0.466 e. The van der Waals surface area contributed by atoms with E-state index in [-0.39, 0.29) is 61.7 Å². The lowest BCUT2D eigenvalue weighted by molar-refractivity contribution is -0.427. The Labute approximate surface area is 713 Å². The number of rotatable bonds is 25. The van der Waals surface area contributed by atoms with Crippen molar-refractivity contribution in [1.29, 1.82) is 0 Å². The minimum Gasteiger partial charge on any atom is -0.466 e. The summed E-state index contributed by atoms with van der Waals surface area (Å²) in [6.45, 7) is 13.7. The number of fused-ring (bicyclic) bond motifs is 4. The fourth-order valence-corrected chi connectivity index (χ4v) is 17.0. The molecule has 8 saturated heterocycles. The Morgan fingerprint density at radius 2 is 0.585 bits per heavy atom. The molecule has 0 radical (unpaired) electrons. The quantitative estimate of drug-likeness (QED) is 0.0291. The lowest BCUT2D eigenvalue weighted by atomic mass is 9.89. The van der Waals surface area contributed by atoms with E-state index in [1.165, 1.54) is 31.2 Å². The van der Waals surface area contributed by atoms with Crippen LogP contribution in [0.25, 0.3) is 0 Å². The predicted octanol–water partition coefficient (Wildman–Crippen LogP) is 13.3. The van der Waals surface area contributed by atoms with E-state index in [0.717, 1.165) is 0 Å². The highest BCUT2D eigenvalue weighted by atomic mass is 28.4. The van der Waals surface area contributed by atoms with Crippen LogP contribution in [-0.4, -0.2) is 200 Å². The van der Waals surface area contributed by atoms with Crippen LogP contribution in [0.15, 0.2) is 243 Å². The summed E-state index contributed by atoms with van der Waals surface area (Å²) in [5.74, 6) is -4.99. The first-order valence-corrected chi connectivity index (χ1v) is 44.3. The molecule has 0 saturated carbocycles. The molecule has 123 heavy (non-hydrogen) atoms. The molecule has 28 nitrogen and oxygen atoms in total. The average molecular weight is 1710 g/mol. The third-order valence-electron chi connectivity index (χ3n) is 23.4. The monoisotopic (exact) mass is 1700 g/mol. The van der Waals surface area contributed by atoms with Gasteiger partial charge in [0, 0.05) is 29.2 Å². The summed E-state index contributed by atoms with van der Waals surface area (Å²) in [5, 5.41) is -0.471. The Balaban J connectivity index is 0.858. The third-order valence-corrected chi connectivity index (χ3v) is 27.8. The van der Waals surface area contributed by atoms with Crippen LogP contribution in [0.2, 0.25) is 18.1 Å². The molecule has 8 aliphatic heterocycles. The van der Waals surface area contributed by atoms with Crippen LogP contribution < -0.4 is 0 Å². The van der Waals surface area contributed by atoms with Gasteiger partial charge in [-0.25, -0.2) is 19.2 Å². The first-order valence-electron chi connectivity index (χ1n) is 41.4. The third kappa shape index (κ3) is 20.0. The topological polar surface area (TPSA) is 305 Å². The molecule has 8 fully saturated rings. The van der Waals surface area contributed by atoms with Gasteiger partial charge < -0.3 is 104 Å². The zero-order valence-electron chi connectivity index (χ0n) is 69.1. The normalized spacial score (nSPS) is 31.3. The average Bonchev–Trinajstić information content (AvgIpc) is 0.741. The second-order valence-electron chi connectivity index (χ2n) is 33.3. The Hall–Kier alpha value is -9.84. The summed E-state index contributed by atoms with van der Waals surface area (Å²) in [5.41, 5.74) is 1.33. The van der Waals surface area contributed by atoms with Gasteiger partial charge >= 0.3 is 35.8 Å². The Morgan fingerprint density at radius 1 is 0.325 bits per heavy atom. The highest BCUT2D eigenvalue weighted by Gasteiger charge is 2.64. The van der Waals surface area contributed by atoms with Crippen LogP contribution in [0.1, 0.15) is 137 Å². The molecular formula is C94H100O28Si. The molecule has 8 aromatic carbocycles. The number of benzene rings is 8. The Morgan fingerprint density at radius 3 is 0.886 bits per heavy atom. The van der Waals surface area contributed by atoms with E-state index in [9.17, 15) is 14.4 Å². The smallest absolute Gasteiger partial charge is 0.340 e. The molecule has 0 aliphatic carbocycles. The minimum atomic E-state index is -3.03. The maximum atomic E-state index is 16.0. The van der Waals surface area contributed by atoms with Gasteiger partial charge in [-0.05, 0) is 86.9 Å². The molecule has 16 rings (SSSR count). The molecule has 0 spiro atoms. The molecule has 0 bridgehead atoms. The van der Waals surface area contributed by atoms with Crippen molar-refractivity contribution in [2.24, 2.45) is 5.41 Å². The van der Waals surface area contributed by atoms with Gasteiger partial charge in [0.25, 0.3) is 0 Å². The summed E-state index contributed by atoms with van der Waals surface area (Å²) >= 11 is 0. The summed E-state index contributed by atoms with van der Waals surface area (Å²) in [7, 11) is -3.03. The fraction of sp³-hybridized carbons (Fsp3) is 0.426. The number of hydrogen-bond donors (Lipinski definition) is 0. The van der Waals surface area contributed by atoms with Gasteiger partial charge in [0.05, 0.1) is 60.7 Å². The molecule has 24 atom stereocenters. The molecule has 8 aliphatic rings. The van der Waals surface area contributed by atoms with E-state index in [1.54, 1.807) is 159 Å². The second-order valence-corrected chi connectivity index (χ2v) is 38.1. The van der Waals surface area contributed by atoms with Crippen LogP contribution in [0.4, 0.5) is 0 Å². The highest BCUT2D eigenvalue weighted by Crippen LogP contribution is 2.49. The van der Waals surface area contributed by atoms with Crippen molar-refractivity contribution in [2.45, 2.75) is 214 Å². The van der Waals surface area contributed by atoms with E-state index in [0.29, 0.717) is 22.3 Å². The van der Waals surface area contributed by atoms with Crippen molar-refractivity contribution in [1.82, 2.24) is 0 Å². The van der Waals surface area contributed by atoms with Crippen molar-refractivity contribution in [3.63, 3.8) is 0 Å². The number of ether oxygens (including phenoxy) is 21. The van der Waals surface area contributed by atoms with Crippen molar-refractivity contribution in [2.75, 3.05) is 33.0 Å². The molecule has 8 aromatic rings. The van der Waals surface area contributed by atoms with Gasteiger partial charge in [-0.2, -0.15) is 0 Å². The summed E-state index contributed by atoms with van der Waals surface area (Å²) < 4.78 is 153. The zero-order chi connectivity index (χ0) is 85.5. The maximum Gasteiger partial charge on any atom is 0.340 e. The molecule has 4 unspecified atom stereocenters. The molecular weight excluding hydrogens is 1610 g/mol. The van der Waals surface area contributed by atoms with Gasteiger partial charge in [0.2, 0.25) is 6.29 Å². The summed E-state index contributed by atoms with van der Waals surface area (Å²) in [6.07, 6.45) is -35.1. The van der Waals surface area contributed by atoms with Crippen molar-refractivity contribution in [3.8, 4) is 0 Å². The SMILES string of the molecule is CC(=O)OCCC(C)(C)C(=O)O[C@H]1[C@H](O[C@@H]2[C@@H](OC(=O)c3ccccc3)[C@H](O[C@@H]3[C@@H](OC(=O)c4ccccc4)[C@@H](OC(=O)c4ccccc4)O[C@@H]4COC(c5ccccc5)O[C@@H]34)O[C@@H]3COC(c4ccccc4)O[C@@H]23)O[C@@H]2COC(c3ccccc3)O[C@H]2[C@@H]1O[C@@H]1O[C@@H]2COC(c3ccccc3)O[C@H]2[C@H](O[Si](C)(C)C(C)(C)C)[C@H]1OC(=O)c1ccccc1. The van der Waals surface area contributed by atoms with Crippen molar-refractivity contribution >= 4 is 44.1 Å². The predicted molar refractivity (Wildman–Crippen MR) is 435 cm³/mol. The molecule has 0 amide bonds. The van der Waals surface area contributed by atoms with E-state index in [2.05, 4.69) is 33.9 Å². The van der Waals surface area contributed by atoms with Crippen LogP contribution in [0.3, 0.4) is 0 Å². The van der Waals surface area contributed by atoms with Crippen LogP contribution in [-0.2, 0) is 113 Å². The highest BCUT2D eigenvalue weighted by molar-refractivity contribution is 6.74. The zero-order valence-corrected chi connectivity index (χ0v) is 70.1. The number of carbonyl (C=O) groups is 6. The minimum absolute atomic E-state index is 0.0502. The number of carbonyl (C=O) groups excluding carboxylic acids is 6. The van der Waals surface area contributed by atoms with Crippen molar-refractivity contribution in [3.05, 3.63) is 287 Å². The van der Waals surface area contributed by atoms with Gasteiger partial charge in [0.1, 0.15) is 73.2 Å². The van der Waals surface area contributed by atoms with Crippen LogP contribution in [0, 0.1) is 5.41 Å². The van der Waals surface area contributed by atoms with Crippen LogP contribution >= 0.6 is 0 Å². The van der Waals surface area contributed by atoms with E-state index < -0.39 is 203 Å². The summed E-state index contributed by atoms with van der Waals surface area (Å²) in [6, 6.07) is 69.2. The van der Waals surface area contributed by atoms with Gasteiger partial charge in [0.15, 0.2) is 76.8 Å². The van der Waals surface area contributed by atoms with Gasteiger partial charge in [-0.3, -0.25) is 9.59 Å². The van der Waals surface area contributed by atoms with E-state index in [1.807, 2.05) is 72.8 Å².